The van der Waals surface area contributed by atoms with E-state index in [1.807, 2.05) is 19.0 Å². The van der Waals surface area contributed by atoms with Gasteiger partial charge in [-0.15, -0.1) is 0 Å². The molecular formula is AgIOW. The molecule has 0 saturated carbocycles. The van der Waals surface area contributed by atoms with Crippen LogP contribution < -0.4 is 0 Å². The van der Waals surface area contributed by atoms with Crippen molar-refractivity contribution in [3.8, 4) is 0 Å². The van der Waals surface area contributed by atoms with Gasteiger partial charge >= 0.3 is 59.4 Å². The third kappa shape index (κ3) is 9.03. The van der Waals surface area contributed by atoms with Crippen LogP contribution in [0.5, 0.6) is 0 Å². The van der Waals surface area contributed by atoms with Crippen molar-refractivity contribution in [2.24, 2.45) is 0 Å². The molecule has 0 rings (SSSR count). The summed E-state index contributed by atoms with van der Waals surface area (Å²) < 4.78 is 8.33. The fourth-order valence-electron chi connectivity index (χ4n) is 0. The Morgan fingerprint density at radius 3 is 1.50 bits per heavy atom. The molecular weight excluding hydrogens is 435 g/mol. The predicted octanol–water partition coefficient (Wildman–Crippen LogP) is 0.762. The topological polar surface area (TPSA) is 17.1 Å². The Bertz CT molecular complexity index is 8.00. The monoisotopic (exact) mass is 434 g/mol. The second-order valence-corrected chi connectivity index (χ2v) is 0. The van der Waals surface area contributed by atoms with Crippen molar-refractivity contribution < 1.29 is 40.4 Å². The van der Waals surface area contributed by atoms with Crippen molar-refractivity contribution in [1.82, 2.24) is 0 Å². The molecule has 30 valence electrons. The van der Waals surface area contributed by atoms with Gasteiger partial charge in [-0.2, -0.15) is 0 Å². The molecule has 0 aliphatic heterocycles. The molecule has 0 unspecified atom stereocenters. The van der Waals surface area contributed by atoms with Crippen LogP contribution in [-0.4, -0.2) is 0 Å². The molecule has 0 aliphatic rings. The molecule has 0 aromatic carbocycles. The van der Waals surface area contributed by atoms with Gasteiger partial charge in [-0.3, -0.25) is 0 Å². The Kier molecular flexibility index (Phi) is 47.3. The third-order valence-corrected chi connectivity index (χ3v) is 0. The Balaban J connectivity index is 0. The van der Waals surface area contributed by atoms with Crippen LogP contribution in [0.4, 0.5) is 0 Å². The van der Waals surface area contributed by atoms with Gasteiger partial charge in [0.1, 0.15) is 0 Å². The van der Waals surface area contributed by atoms with Gasteiger partial charge in [0.05, 0.1) is 0 Å². The summed E-state index contributed by atoms with van der Waals surface area (Å²) >= 11 is 5.21. The van der Waals surface area contributed by atoms with E-state index in [0.717, 1.165) is 0 Å². The molecule has 0 bridgehead atoms. The molecule has 0 atom stereocenters. The minimum atomic E-state index is 0.333. The normalized spacial score (nSPS) is 2.75. The molecule has 0 heterocycles. The molecule has 0 fully saturated rings. The average Bonchev–Trinajstić information content (AvgIpc) is 1.50. The third-order valence-electron chi connectivity index (χ3n) is 0. The molecule has 4 heteroatoms. The first-order valence-electron chi connectivity index (χ1n) is 0.281. The van der Waals surface area contributed by atoms with Gasteiger partial charge in [0, 0.05) is 0 Å². The standard InChI is InChI=1S/Ag.HI.O.W/h;1H;;/q+1;;;/p-1. The average molecular weight is 435 g/mol. The predicted molar refractivity (Wildman–Crippen MR) is 14.7 cm³/mol. The van der Waals surface area contributed by atoms with Crippen molar-refractivity contribution >= 4 is 19.0 Å². The van der Waals surface area contributed by atoms with Gasteiger partial charge in [0.15, 0.2) is 0 Å². The summed E-state index contributed by atoms with van der Waals surface area (Å²) in [5.74, 6) is 0. The summed E-state index contributed by atoms with van der Waals surface area (Å²) in [4.78, 5) is 0. The molecule has 0 aromatic rings. The van der Waals surface area contributed by atoms with Gasteiger partial charge in [-0.1, -0.05) is 0 Å². The fourth-order valence-corrected chi connectivity index (χ4v) is 0. The summed E-state index contributed by atoms with van der Waals surface area (Å²) in [6, 6.07) is 0. The number of rotatable bonds is 0. The van der Waals surface area contributed by atoms with Crippen molar-refractivity contribution in [3.63, 3.8) is 0 Å². The van der Waals surface area contributed by atoms with Crippen LogP contribution in [0.3, 0.4) is 0 Å². The van der Waals surface area contributed by atoms with Crippen molar-refractivity contribution in [2.45, 2.75) is 0 Å². The molecule has 0 N–H and O–H groups in total. The number of hydrogen-bond donors (Lipinski definition) is 0. The van der Waals surface area contributed by atoms with E-state index in [1.54, 1.807) is 0 Å². The molecule has 0 radical (unpaired) electrons. The van der Waals surface area contributed by atoms with Crippen LogP contribution in [0.1, 0.15) is 0 Å². The molecule has 0 aliphatic carbocycles. The Morgan fingerprint density at radius 2 is 1.50 bits per heavy atom. The van der Waals surface area contributed by atoms with E-state index in [-0.39, 0.29) is 0 Å². The Hall–Kier alpha value is 1.96. The van der Waals surface area contributed by atoms with Crippen LogP contribution in [-0.2, 0) is 40.4 Å². The zero-order chi connectivity index (χ0) is 4.00. The van der Waals surface area contributed by atoms with Crippen LogP contribution in [0.15, 0.2) is 0 Å². The van der Waals surface area contributed by atoms with Gasteiger partial charge < -0.3 is 0 Å². The summed E-state index contributed by atoms with van der Waals surface area (Å²) in [6.45, 7) is 0. The minimum absolute atomic E-state index is 0.333. The molecule has 0 aromatic heterocycles. The fraction of sp³-hybridized carbons (Fsp3) is 0. The summed E-state index contributed by atoms with van der Waals surface area (Å²) in [5, 5.41) is 0. The van der Waals surface area contributed by atoms with Crippen molar-refractivity contribution in [3.05, 3.63) is 0 Å². The zero-order valence-corrected chi connectivity index (χ0v) is 8.07. The summed E-state index contributed by atoms with van der Waals surface area (Å²) in [7, 11) is 0. The van der Waals surface area contributed by atoms with E-state index in [4.69, 9.17) is 3.40 Å². The van der Waals surface area contributed by atoms with E-state index in [2.05, 4.69) is 17.3 Å². The molecule has 0 amide bonds. The Morgan fingerprint density at radius 1 is 1.50 bits per heavy atom. The molecule has 0 saturated heterocycles. The molecule has 0 spiro atoms. The maximum atomic E-state index is 8.33. The quantitative estimate of drug-likeness (QED) is 0.407. The van der Waals surface area contributed by atoms with Gasteiger partial charge in [0.2, 0.25) is 0 Å². The second kappa shape index (κ2) is 20.3. The first-order valence-corrected chi connectivity index (χ1v) is 5.89. The van der Waals surface area contributed by atoms with Crippen molar-refractivity contribution in [1.29, 1.82) is 0 Å². The van der Waals surface area contributed by atoms with Crippen LogP contribution >= 0.6 is 19.0 Å². The number of hydrogen-bond acceptors (Lipinski definition) is 1. The van der Waals surface area contributed by atoms with Gasteiger partial charge in [-0.05, 0) is 0 Å². The Labute approximate surface area is 58.6 Å². The van der Waals surface area contributed by atoms with Gasteiger partial charge in [-0.25, -0.2) is 0 Å². The van der Waals surface area contributed by atoms with E-state index in [9.17, 15) is 0 Å². The van der Waals surface area contributed by atoms with Crippen LogP contribution in [0.25, 0.3) is 0 Å². The van der Waals surface area contributed by atoms with Crippen molar-refractivity contribution in [2.75, 3.05) is 0 Å². The summed E-state index contributed by atoms with van der Waals surface area (Å²) in [5.41, 5.74) is 0. The first kappa shape index (κ1) is 9.35. The van der Waals surface area contributed by atoms with Crippen LogP contribution in [0, 0.1) is 0 Å². The SMILES string of the molecule is [Ag][I].[O]=[W]. The van der Waals surface area contributed by atoms with E-state index in [1.165, 1.54) is 0 Å². The van der Waals surface area contributed by atoms with E-state index >= 15 is 0 Å². The number of halogens is 1. The molecule has 1 nitrogen and oxygen atoms in total. The first-order chi connectivity index (χ1) is 2.00. The van der Waals surface area contributed by atoms with E-state index in [0.29, 0.717) is 19.8 Å². The molecule has 4 heavy (non-hydrogen) atoms. The van der Waals surface area contributed by atoms with E-state index < -0.39 is 0 Å². The maximum absolute atomic E-state index is 8.33. The summed E-state index contributed by atoms with van der Waals surface area (Å²) in [6.07, 6.45) is 0. The zero-order valence-electron chi connectivity index (χ0n) is 1.50. The second-order valence-electron chi connectivity index (χ2n) is 0. The van der Waals surface area contributed by atoms with Gasteiger partial charge in [0.25, 0.3) is 0 Å². The van der Waals surface area contributed by atoms with Crippen LogP contribution in [0.2, 0.25) is 0 Å².